The maximum atomic E-state index is 11.8. The SMILES string of the molecule is CC1CN(Cc2ccccc2)CCC1N1CC(N)C1=O. The van der Waals surface area contributed by atoms with Gasteiger partial charge in [-0.1, -0.05) is 37.3 Å². The molecule has 2 heterocycles. The van der Waals surface area contributed by atoms with Gasteiger partial charge in [0.15, 0.2) is 0 Å². The topological polar surface area (TPSA) is 49.6 Å². The van der Waals surface area contributed by atoms with Crippen LogP contribution < -0.4 is 5.73 Å². The molecule has 0 saturated carbocycles. The second-order valence-corrected chi connectivity index (χ2v) is 6.15. The molecule has 2 aliphatic rings. The number of piperidine rings is 1. The molecule has 2 fully saturated rings. The molecule has 0 spiro atoms. The third-order valence-corrected chi connectivity index (χ3v) is 4.59. The standard InChI is InChI=1S/C16H23N3O/c1-12-9-18(10-13-5-3-2-4-6-13)8-7-15(12)19-11-14(17)16(19)20/h2-6,12,14-15H,7-11,17H2,1H3. The molecule has 20 heavy (non-hydrogen) atoms. The Hall–Kier alpha value is -1.39. The van der Waals surface area contributed by atoms with Crippen LogP contribution in [0, 0.1) is 5.92 Å². The highest BCUT2D eigenvalue weighted by atomic mass is 16.2. The number of hydrogen-bond acceptors (Lipinski definition) is 3. The van der Waals surface area contributed by atoms with Gasteiger partial charge >= 0.3 is 0 Å². The van der Waals surface area contributed by atoms with Crippen molar-refractivity contribution in [2.45, 2.75) is 32.0 Å². The number of likely N-dealkylation sites (tertiary alicyclic amines) is 2. The zero-order chi connectivity index (χ0) is 14.1. The summed E-state index contributed by atoms with van der Waals surface area (Å²) in [4.78, 5) is 16.2. The van der Waals surface area contributed by atoms with Gasteiger partial charge in [0.05, 0.1) is 0 Å². The number of benzene rings is 1. The lowest BCUT2D eigenvalue weighted by Gasteiger charge is -2.48. The lowest BCUT2D eigenvalue weighted by molar-refractivity contribution is -0.148. The van der Waals surface area contributed by atoms with Crippen LogP contribution in [0.5, 0.6) is 0 Å². The number of nitrogens with zero attached hydrogens (tertiary/aromatic N) is 2. The van der Waals surface area contributed by atoms with Crippen LogP contribution in [0.15, 0.2) is 30.3 Å². The van der Waals surface area contributed by atoms with E-state index in [0.717, 1.165) is 32.6 Å². The van der Waals surface area contributed by atoms with E-state index in [1.807, 2.05) is 4.90 Å². The molecule has 0 radical (unpaired) electrons. The molecule has 2 N–H and O–H groups in total. The molecule has 0 bridgehead atoms. The number of β-lactam (4-membered cyclic amide) rings is 1. The number of carbonyl (C=O) groups is 1. The van der Waals surface area contributed by atoms with Gasteiger partial charge in [-0.15, -0.1) is 0 Å². The van der Waals surface area contributed by atoms with Crippen LogP contribution in [0.3, 0.4) is 0 Å². The predicted octanol–water partition coefficient (Wildman–Crippen LogP) is 1.07. The Labute approximate surface area is 120 Å². The highest BCUT2D eigenvalue weighted by Crippen LogP contribution is 2.27. The molecule has 0 aliphatic carbocycles. The van der Waals surface area contributed by atoms with E-state index >= 15 is 0 Å². The normalized spacial score (nSPS) is 31.2. The maximum absolute atomic E-state index is 11.8. The molecule has 4 heteroatoms. The fourth-order valence-electron chi connectivity index (χ4n) is 3.45. The minimum Gasteiger partial charge on any atom is -0.336 e. The van der Waals surface area contributed by atoms with Gasteiger partial charge in [-0.2, -0.15) is 0 Å². The highest BCUT2D eigenvalue weighted by molar-refractivity contribution is 5.88. The minimum absolute atomic E-state index is 0.137. The Bertz CT molecular complexity index is 476. The number of amides is 1. The van der Waals surface area contributed by atoms with Crippen molar-refractivity contribution in [1.82, 2.24) is 9.80 Å². The summed E-state index contributed by atoms with van der Waals surface area (Å²) in [5.74, 6) is 0.655. The van der Waals surface area contributed by atoms with E-state index in [9.17, 15) is 4.79 Å². The van der Waals surface area contributed by atoms with Crippen LogP contribution in [-0.4, -0.2) is 47.4 Å². The molecule has 3 unspecified atom stereocenters. The summed E-state index contributed by atoms with van der Waals surface area (Å²) in [7, 11) is 0. The lowest BCUT2D eigenvalue weighted by atomic mass is 9.89. The van der Waals surface area contributed by atoms with Gasteiger partial charge in [-0.25, -0.2) is 0 Å². The van der Waals surface area contributed by atoms with Gasteiger partial charge in [-0.05, 0) is 17.9 Å². The third-order valence-electron chi connectivity index (χ3n) is 4.59. The van der Waals surface area contributed by atoms with E-state index in [2.05, 4.69) is 42.2 Å². The minimum atomic E-state index is -0.246. The van der Waals surface area contributed by atoms with Crippen LogP contribution in [0.25, 0.3) is 0 Å². The number of hydrogen-bond donors (Lipinski definition) is 1. The van der Waals surface area contributed by atoms with Gasteiger partial charge in [0.2, 0.25) is 5.91 Å². The number of nitrogens with two attached hydrogens (primary N) is 1. The fraction of sp³-hybridized carbons (Fsp3) is 0.562. The molecule has 0 aromatic heterocycles. The van der Waals surface area contributed by atoms with Gasteiger partial charge in [0, 0.05) is 32.2 Å². The third kappa shape index (κ3) is 2.58. The number of rotatable bonds is 3. The van der Waals surface area contributed by atoms with Crippen molar-refractivity contribution in [2.24, 2.45) is 11.7 Å². The molecule has 3 rings (SSSR count). The van der Waals surface area contributed by atoms with Gasteiger partial charge in [-0.3, -0.25) is 9.69 Å². The van der Waals surface area contributed by atoms with Gasteiger partial charge in [0.1, 0.15) is 6.04 Å². The van der Waals surface area contributed by atoms with Crippen LogP contribution >= 0.6 is 0 Å². The van der Waals surface area contributed by atoms with Crippen molar-refractivity contribution in [3.63, 3.8) is 0 Å². The second kappa shape index (κ2) is 5.54. The first-order chi connectivity index (χ1) is 9.65. The van der Waals surface area contributed by atoms with E-state index < -0.39 is 0 Å². The summed E-state index contributed by atoms with van der Waals surface area (Å²) < 4.78 is 0. The van der Waals surface area contributed by atoms with Crippen LogP contribution in [0.2, 0.25) is 0 Å². The Morgan fingerprint density at radius 1 is 1.25 bits per heavy atom. The monoisotopic (exact) mass is 273 g/mol. The zero-order valence-electron chi connectivity index (χ0n) is 12.0. The van der Waals surface area contributed by atoms with Gasteiger partial charge < -0.3 is 10.6 Å². The first kappa shape index (κ1) is 13.6. The Kier molecular flexibility index (Phi) is 3.76. The Balaban J connectivity index is 1.56. The van der Waals surface area contributed by atoms with Crippen molar-refractivity contribution in [3.8, 4) is 0 Å². The van der Waals surface area contributed by atoms with Crippen LogP contribution in [0.1, 0.15) is 18.9 Å². The van der Waals surface area contributed by atoms with Crippen LogP contribution in [0.4, 0.5) is 0 Å². The van der Waals surface area contributed by atoms with E-state index in [4.69, 9.17) is 5.73 Å². The molecule has 4 nitrogen and oxygen atoms in total. The smallest absolute Gasteiger partial charge is 0.241 e. The number of carbonyl (C=O) groups excluding carboxylic acids is 1. The van der Waals surface area contributed by atoms with E-state index in [0.29, 0.717) is 12.0 Å². The summed E-state index contributed by atoms with van der Waals surface area (Å²) in [6, 6.07) is 10.7. The van der Waals surface area contributed by atoms with E-state index in [1.165, 1.54) is 5.56 Å². The van der Waals surface area contributed by atoms with Gasteiger partial charge in [0.25, 0.3) is 0 Å². The summed E-state index contributed by atoms with van der Waals surface area (Å²) in [6.45, 7) is 6.11. The summed E-state index contributed by atoms with van der Waals surface area (Å²) in [5.41, 5.74) is 7.05. The van der Waals surface area contributed by atoms with Crippen molar-refractivity contribution >= 4 is 5.91 Å². The fourth-order valence-corrected chi connectivity index (χ4v) is 3.45. The Morgan fingerprint density at radius 3 is 2.60 bits per heavy atom. The van der Waals surface area contributed by atoms with E-state index in [-0.39, 0.29) is 11.9 Å². The molecular formula is C16H23N3O. The molecule has 1 aromatic rings. The first-order valence-corrected chi connectivity index (χ1v) is 7.47. The largest absolute Gasteiger partial charge is 0.336 e. The predicted molar refractivity (Wildman–Crippen MR) is 79.0 cm³/mol. The van der Waals surface area contributed by atoms with Crippen LogP contribution in [-0.2, 0) is 11.3 Å². The average Bonchev–Trinajstić information content (AvgIpc) is 2.46. The quantitative estimate of drug-likeness (QED) is 0.838. The van der Waals surface area contributed by atoms with Crippen molar-refractivity contribution in [3.05, 3.63) is 35.9 Å². The highest BCUT2D eigenvalue weighted by Gasteiger charge is 2.41. The molecule has 3 atom stereocenters. The van der Waals surface area contributed by atoms with Crippen molar-refractivity contribution in [2.75, 3.05) is 19.6 Å². The molecule has 1 aromatic carbocycles. The summed E-state index contributed by atoms with van der Waals surface area (Å²) in [5, 5.41) is 0. The summed E-state index contributed by atoms with van der Waals surface area (Å²) >= 11 is 0. The zero-order valence-corrected chi connectivity index (χ0v) is 12.0. The lowest BCUT2D eigenvalue weighted by Crippen LogP contribution is -2.66. The Morgan fingerprint density at radius 2 is 2.00 bits per heavy atom. The van der Waals surface area contributed by atoms with Crippen molar-refractivity contribution < 1.29 is 4.79 Å². The second-order valence-electron chi connectivity index (χ2n) is 6.15. The first-order valence-electron chi connectivity index (χ1n) is 7.47. The molecule has 2 saturated heterocycles. The maximum Gasteiger partial charge on any atom is 0.241 e. The summed E-state index contributed by atoms with van der Waals surface area (Å²) in [6.07, 6.45) is 1.06. The molecule has 108 valence electrons. The molecular weight excluding hydrogens is 250 g/mol. The average molecular weight is 273 g/mol. The van der Waals surface area contributed by atoms with E-state index in [1.54, 1.807) is 0 Å². The van der Waals surface area contributed by atoms with Crippen molar-refractivity contribution in [1.29, 1.82) is 0 Å². The molecule has 1 amide bonds. The molecule has 2 aliphatic heterocycles.